The Bertz CT molecular complexity index is 348. The SMILES string of the molecule is CCBC(=O)Cc1cccbc1CC(C)C. The van der Waals surface area contributed by atoms with Crippen molar-refractivity contribution < 1.29 is 4.79 Å². The van der Waals surface area contributed by atoms with Crippen molar-refractivity contribution in [3.63, 3.8) is 0 Å². The van der Waals surface area contributed by atoms with Crippen LogP contribution in [0.2, 0.25) is 6.32 Å². The van der Waals surface area contributed by atoms with Crippen LogP contribution in [0.5, 0.6) is 0 Å². The first-order valence-corrected chi connectivity index (χ1v) is 6.22. The van der Waals surface area contributed by atoms with Crippen LogP contribution in [0.15, 0.2) is 18.1 Å². The van der Waals surface area contributed by atoms with E-state index in [1.165, 1.54) is 11.0 Å². The van der Waals surface area contributed by atoms with Gasteiger partial charge in [-0.05, 0) is 0 Å². The van der Waals surface area contributed by atoms with Crippen molar-refractivity contribution in [1.82, 2.24) is 0 Å². The summed E-state index contributed by atoms with van der Waals surface area (Å²) in [7, 11) is 0.704. The first kappa shape index (κ1) is 13.2. The average Bonchev–Trinajstić information content (AvgIpc) is 2.20. The molecular weight excluding hydrogens is 194 g/mol. The van der Waals surface area contributed by atoms with Crippen LogP contribution in [0.1, 0.15) is 31.8 Å². The molecule has 0 aliphatic heterocycles. The Balaban J connectivity index is 2.74. The molecule has 84 valence electrons. The van der Waals surface area contributed by atoms with Crippen molar-refractivity contribution in [2.75, 3.05) is 0 Å². The zero-order valence-electron chi connectivity index (χ0n) is 10.6. The Morgan fingerprint density at radius 1 is 1.50 bits per heavy atom. The summed E-state index contributed by atoms with van der Waals surface area (Å²) in [6.45, 7) is 8.63. The topological polar surface area (TPSA) is 17.1 Å². The van der Waals surface area contributed by atoms with E-state index >= 15 is 0 Å². The van der Waals surface area contributed by atoms with Crippen molar-refractivity contribution in [3.05, 3.63) is 29.1 Å². The number of carbonyl (C=O) groups is 1. The zero-order chi connectivity index (χ0) is 12.0. The van der Waals surface area contributed by atoms with Gasteiger partial charge in [-0.2, -0.15) is 0 Å². The molecule has 0 spiro atoms. The molecule has 0 aliphatic rings. The molecule has 0 atom stereocenters. The van der Waals surface area contributed by atoms with Gasteiger partial charge in [-0.1, -0.05) is 0 Å². The Labute approximate surface area is 100 Å². The summed E-state index contributed by atoms with van der Waals surface area (Å²) in [5.41, 5.74) is 2.91. The molecule has 0 fully saturated rings. The minimum absolute atomic E-state index is 0.360. The fourth-order valence-corrected chi connectivity index (χ4v) is 1.95. The molecule has 16 heavy (non-hydrogen) atoms. The van der Waals surface area contributed by atoms with Crippen LogP contribution < -0.4 is 0 Å². The summed E-state index contributed by atoms with van der Waals surface area (Å²) in [4.78, 5) is 11.7. The van der Waals surface area contributed by atoms with E-state index in [4.69, 9.17) is 0 Å². The third kappa shape index (κ3) is 4.34. The van der Waals surface area contributed by atoms with Crippen molar-refractivity contribution >= 4 is 19.9 Å². The molecular formula is C13H20B2O. The van der Waals surface area contributed by atoms with Gasteiger partial charge < -0.3 is 0 Å². The van der Waals surface area contributed by atoms with E-state index in [2.05, 4.69) is 39.7 Å². The zero-order valence-corrected chi connectivity index (χ0v) is 10.6. The molecule has 0 bridgehead atoms. The predicted molar refractivity (Wildman–Crippen MR) is 72.7 cm³/mol. The molecule has 1 rings (SSSR count). The molecule has 0 N–H and O–H groups in total. The van der Waals surface area contributed by atoms with E-state index in [-0.39, 0.29) is 0 Å². The molecule has 1 nitrogen and oxygen atoms in total. The van der Waals surface area contributed by atoms with Crippen LogP contribution in [0.25, 0.3) is 0 Å². The van der Waals surface area contributed by atoms with Crippen LogP contribution in [0.3, 0.4) is 0 Å². The summed E-state index contributed by atoms with van der Waals surface area (Å²) < 4.78 is 0. The summed E-state index contributed by atoms with van der Waals surface area (Å²) in [6, 6.07) is 4.11. The summed E-state index contributed by atoms with van der Waals surface area (Å²) in [5, 5.41) is 0. The first-order valence-electron chi connectivity index (χ1n) is 6.22. The molecule has 1 aromatic heterocycles. The fraction of sp³-hybridized carbons (Fsp3) is 0.538. The molecule has 0 saturated carbocycles. The minimum atomic E-state index is 0.360. The van der Waals surface area contributed by atoms with E-state index in [1.54, 1.807) is 0 Å². The normalized spacial score (nSPS) is 10.2. The van der Waals surface area contributed by atoms with Crippen LogP contribution in [-0.2, 0) is 17.6 Å². The molecule has 0 aromatic carbocycles. The Morgan fingerprint density at radius 3 is 2.88 bits per heavy atom. The van der Waals surface area contributed by atoms with Crippen LogP contribution >= 0.6 is 0 Å². The van der Waals surface area contributed by atoms with Gasteiger partial charge in [0.05, 0.1) is 0 Å². The maximum atomic E-state index is 11.7. The molecule has 0 aliphatic carbocycles. The summed E-state index contributed by atoms with van der Waals surface area (Å²) in [6.07, 6.45) is 2.62. The van der Waals surface area contributed by atoms with Gasteiger partial charge in [0.25, 0.3) is 0 Å². The van der Waals surface area contributed by atoms with Crippen molar-refractivity contribution in [3.8, 4) is 0 Å². The number of hydrogen-bond donors (Lipinski definition) is 0. The second-order valence-electron chi connectivity index (χ2n) is 4.83. The van der Waals surface area contributed by atoms with E-state index in [1.807, 2.05) is 6.07 Å². The van der Waals surface area contributed by atoms with Gasteiger partial charge in [-0.15, -0.1) is 0 Å². The van der Waals surface area contributed by atoms with E-state index < -0.39 is 0 Å². The van der Waals surface area contributed by atoms with E-state index in [9.17, 15) is 4.79 Å². The molecule has 1 aromatic rings. The quantitative estimate of drug-likeness (QED) is 0.663. The van der Waals surface area contributed by atoms with Crippen LogP contribution in [0, 0.1) is 5.92 Å². The number of carbonyl (C=O) groups excluding carboxylic acids is 1. The maximum absolute atomic E-state index is 11.7. The Kier molecular flexibility index (Phi) is 5.51. The number of hydrogen-bond acceptors (Lipinski definition) is 1. The molecule has 3 heteroatoms. The van der Waals surface area contributed by atoms with Gasteiger partial charge in [-0.3, -0.25) is 0 Å². The Morgan fingerprint density at radius 2 is 2.25 bits per heavy atom. The summed E-state index contributed by atoms with van der Waals surface area (Å²) >= 11 is 0. The van der Waals surface area contributed by atoms with E-state index in [0.717, 1.165) is 12.7 Å². The molecule has 0 unspecified atom stereocenters. The number of rotatable bonds is 6. The average molecular weight is 214 g/mol. The van der Waals surface area contributed by atoms with Gasteiger partial charge in [0.2, 0.25) is 0 Å². The first-order chi connectivity index (χ1) is 7.63. The fourth-order valence-electron chi connectivity index (χ4n) is 1.95. The van der Waals surface area contributed by atoms with Gasteiger partial charge in [0.1, 0.15) is 0 Å². The standard InChI is InChI=1S/C13H20B2O/c1-4-14-13(16)9-11-6-5-7-15-12(11)8-10(2)3/h5-7,10,14H,4,8-9H2,1-3H3. The predicted octanol–water partition coefficient (Wildman–Crippen LogP) is 2.17. The van der Waals surface area contributed by atoms with Gasteiger partial charge in [-0.25, -0.2) is 0 Å². The molecule has 0 radical (unpaired) electrons. The Hall–Kier alpha value is -0.850. The second kappa shape index (κ2) is 6.67. The van der Waals surface area contributed by atoms with Crippen LogP contribution in [0.4, 0.5) is 0 Å². The molecule has 1 heterocycles. The monoisotopic (exact) mass is 214 g/mol. The van der Waals surface area contributed by atoms with Gasteiger partial charge >= 0.3 is 99.6 Å². The third-order valence-electron chi connectivity index (χ3n) is 2.66. The molecule has 0 saturated heterocycles. The van der Waals surface area contributed by atoms with E-state index in [0.29, 0.717) is 25.3 Å². The van der Waals surface area contributed by atoms with Crippen molar-refractivity contribution in [2.24, 2.45) is 5.92 Å². The van der Waals surface area contributed by atoms with Gasteiger partial charge in [0, 0.05) is 0 Å². The molecule has 0 amide bonds. The van der Waals surface area contributed by atoms with Gasteiger partial charge in [0.15, 0.2) is 0 Å². The van der Waals surface area contributed by atoms with Crippen molar-refractivity contribution in [1.29, 1.82) is 0 Å². The van der Waals surface area contributed by atoms with Crippen LogP contribution in [-0.4, -0.2) is 19.9 Å². The van der Waals surface area contributed by atoms with Crippen molar-refractivity contribution in [2.45, 2.75) is 39.9 Å². The second-order valence-corrected chi connectivity index (χ2v) is 4.83. The summed E-state index contributed by atoms with van der Waals surface area (Å²) in [5.74, 6) is 2.70. The third-order valence-corrected chi connectivity index (χ3v) is 2.66.